The van der Waals surface area contributed by atoms with Gasteiger partial charge in [-0.15, -0.1) is 0 Å². The summed E-state index contributed by atoms with van der Waals surface area (Å²) in [5.41, 5.74) is 2.03. The highest BCUT2D eigenvalue weighted by Crippen LogP contribution is 2.36. The Kier molecular flexibility index (Phi) is 6.17. The molecule has 7 nitrogen and oxygen atoms in total. The van der Waals surface area contributed by atoms with Crippen LogP contribution in [0, 0.1) is 5.92 Å². The van der Waals surface area contributed by atoms with E-state index < -0.39 is 5.92 Å². The van der Waals surface area contributed by atoms with Crippen LogP contribution in [0.1, 0.15) is 6.42 Å². The van der Waals surface area contributed by atoms with Crippen LogP contribution in [0.5, 0.6) is 11.5 Å². The predicted octanol–water partition coefficient (Wildman–Crippen LogP) is 3.41. The van der Waals surface area contributed by atoms with E-state index in [4.69, 9.17) is 21.1 Å². The second kappa shape index (κ2) is 8.61. The summed E-state index contributed by atoms with van der Waals surface area (Å²) in [5, 5.41) is 3.44. The first-order valence-corrected chi connectivity index (χ1v) is 9.52. The van der Waals surface area contributed by atoms with Crippen molar-refractivity contribution in [1.82, 2.24) is 0 Å². The van der Waals surface area contributed by atoms with Gasteiger partial charge in [-0.2, -0.15) is 0 Å². The van der Waals surface area contributed by atoms with Crippen LogP contribution in [0.3, 0.4) is 0 Å². The minimum atomic E-state index is -0.493. The molecule has 0 spiro atoms. The van der Waals surface area contributed by atoms with E-state index in [2.05, 4.69) is 5.32 Å². The number of carbonyl (C=O) groups excluding carboxylic acids is 2. The van der Waals surface area contributed by atoms with Crippen molar-refractivity contribution in [2.45, 2.75) is 6.42 Å². The monoisotopic (exact) mass is 417 g/mol. The molecular formula is C21H24ClN3O4. The molecule has 8 heteroatoms. The molecule has 1 saturated heterocycles. The molecule has 1 N–H and O–H groups in total. The third-order valence-electron chi connectivity index (χ3n) is 4.87. The zero-order valence-electron chi connectivity index (χ0n) is 16.9. The van der Waals surface area contributed by atoms with Crippen molar-refractivity contribution < 1.29 is 19.1 Å². The third kappa shape index (κ3) is 4.40. The summed E-state index contributed by atoms with van der Waals surface area (Å²) < 4.78 is 10.6. The second-order valence-electron chi connectivity index (χ2n) is 6.99. The van der Waals surface area contributed by atoms with Crippen LogP contribution in [-0.4, -0.2) is 46.7 Å². The van der Waals surface area contributed by atoms with Gasteiger partial charge < -0.3 is 24.6 Å². The van der Waals surface area contributed by atoms with Crippen LogP contribution in [-0.2, 0) is 9.59 Å². The molecule has 0 saturated carbocycles. The van der Waals surface area contributed by atoms with Gasteiger partial charge in [-0.25, -0.2) is 0 Å². The number of hydrogen-bond acceptors (Lipinski definition) is 5. The molecule has 154 valence electrons. The van der Waals surface area contributed by atoms with Gasteiger partial charge in [0, 0.05) is 38.1 Å². The fraction of sp³-hybridized carbons (Fsp3) is 0.333. The molecule has 0 bridgehead atoms. The van der Waals surface area contributed by atoms with Gasteiger partial charge in [-0.1, -0.05) is 11.6 Å². The Hall–Kier alpha value is -2.93. The lowest BCUT2D eigenvalue weighted by atomic mass is 10.1. The van der Waals surface area contributed by atoms with Gasteiger partial charge in [0.1, 0.15) is 11.5 Å². The highest BCUT2D eigenvalue weighted by atomic mass is 35.5. The summed E-state index contributed by atoms with van der Waals surface area (Å²) in [6.45, 7) is 0.256. The number of benzene rings is 2. The zero-order valence-corrected chi connectivity index (χ0v) is 17.6. The number of nitrogens with one attached hydrogen (secondary N) is 1. The van der Waals surface area contributed by atoms with Crippen molar-refractivity contribution in [2.24, 2.45) is 5.92 Å². The van der Waals surface area contributed by atoms with Gasteiger partial charge in [0.25, 0.3) is 0 Å². The van der Waals surface area contributed by atoms with Crippen LogP contribution >= 0.6 is 11.6 Å². The molecule has 0 aliphatic carbocycles. The molecule has 1 fully saturated rings. The van der Waals surface area contributed by atoms with E-state index in [0.29, 0.717) is 27.9 Å². The van der Waals surface area contributed by atoms with E-state index >= 15 is 0 Å². The molecular weight excluding hydrogens is 394 g/mol. The summed E-state index contributed by atoms with van der Waals surface area (Å²) >= 11 is 6.10. The Morgan fingerprint density at radius 3 is 2.59 bits per heavy atom. The van der Waals surface area contributed by atoms with Crippen molar-refractivity contribution in [3.63, 3.8) is 0 Å². The highest BCUT2D eigenvalue weighted by Gasteiger charge is 2.36. The number of hydrogen-bond donors (Lipinski definition) is 1. The number of anilines is 3. The maximum absolute atomic E-state index is 12.9. The fourth-order valence-corrected chi connectivity index (χ4v) is 3.53. The molecule has 1 atom stereocenters. The summed E-state index contributed by atoms with van der Waals surface area (Å²) in [5.74, 6) is 0.289. The molecule has 3 rings (SSSR count). The van der Waals surface area contributed by atoms with Gasteiger partial charge in [-0.05, 0) is 30.3 Å². The van der Waals surface area contributed by atoms with Crippen LogP contribution < -0.4 is 24.6 Å². The largest absolute Gasteiger partial charge is 0.497 e. The van der Waals surface area contributed by atoms with E-state index in [1.165, 1.54) is 7.11 Å². The molecule has 1 unspecified atom stereocenters. The van der Waals surface area contributed by atoms with Gasteiger partial charge in [0.2, 0.25) is 11.8 Å². The van der Waals surface area contributed by atoms with Crippen LogP contribution in [0.2, 0.25) is 5.02 Å². The van der Waals surface area contributed by atoms with E-state index in [0.717, 1.165) is 5.69 Å². The third-order valence-corrected chi connectivity index (χ3v) is 5.11. The average molecular weight is 418 g/mol. The van der Waals surface area contributed by atoms with E-state index in [9.17, 15) is 9.59 Å². The standard InChI is InChI=1S/C21H24ClN3O4/c1-24(2)17-7-5-14(22)10-16(17)23-21(27)13-9-20(26)25(12-13)18-11-15(28-3)6-8-19(18)29-4/h5-8,10-11,13H,9,12H2,1-4H3,(H,23,27). The summed E-state index contributed by atoms with van der Waals surface area (Å²) in [4.78, 5) is 29.0. The van der Waals surface area contributed by atoms with Gasteiger partial charge >= 0.3 is 0 Å². The molecule has 2 aromatic carbocycles. The molecule has 1 heterocycles. The molecule has 0 radical (unpaired) electrons. The minimum Gasteiger partial charge on any atom is -0.497 e. The minimum absolute atomic E-state index is 0.115. The number of carbonyl (C=O) groups is 2. The molecule has 29 heavy (non-hydrogen) atoms. The predicted molar refractivity (Wildman–Crippen MR) is 114 cm³/mol. The Bertz CT molecular complexity index is 932. The first kappa shape index (κ1) is 20.8. The fourth-order valence-electron chi connectivity index (χ4n) is 3.36. The zero-order chi connectivity index (χ0) is 21.1. The summed E-state index contributed by atoms with van der Waals surface area (Å²) in [6, 6.07) is 10.5. The molecule has 1 aliphatic rings. The van der Waals surface area contributed by atoms with Gasteiger partial charge in [-0.3, -0.25) is 9.59 Å². The van der Waals surface area contributed by atoms with Crippen LogP contribution in [0.25, 0.3) is 0 Å². The number of ether oxygens (including phenoxy) is 2. The molecule has 0 aromatic heterocycles. The first-order valence-electron chi connectivity index (χ1n) is 9.14. The maximum atomic E-state index is 12.9. The maximum Gasteiger partial charge on any atom is 0.229 e. The first-order chi connectivity index (χ1) is 13.8. The topological polar surface area (TPSA) is 71.1 Å². The van der Waals surface area contributed by atoms with Crippen molar-refractivity contribution in [2.75, 3.05) is 50.0 Å². The summed E-state index contributed by atoms with van der Waals surface area (Å²) in [6.07, 6.45) is 0.115. The van der Waals surface area contributed by atoms with E-state index in [1.54, 1.807) is 42.3 Å². The number of halogens is 1. The quantitative estimate of drug-likeness (QED) is 0.779. The Morgan fingerprint density at radius 2 is 1.93 bits per heavy atom. The van der Waals surface area contributed by atoms with Crippen molar-refractivity contribution in [3.8, 4) is 11.5 Å². The van der Waals surface area contributed by atoms with E-state index in [-0.39, 0.29) is 24.8 Å². The number of methoxy groups -OCH3 is 2. The number of nitrogens with zero attached hydrogens (tertiary/aromatic N) is 2. The summed E-state index contributed by atoms with van der Waals surface area (Å²) in [7, 11) is 6.86. The molecule has 1 aliphatic heterocycles. The number of amides is 2. The highest BCUT2D eigenvalue weighted by molar-refractivity contribution is 6.31. The van der Waals surface area contributed by atoms with E-state index in [1.807, 2.05) is 25.1 Å². The van der Waals surface area contributed by atoms with Gasteiger partial charge in [0.05, 0.1) is 37.2 Å². The smallest absolute Gasteiger partial charge is 0.229 e. The van der Waals surface area contributed by atoms with Crippen molar-refractivity contribution in [1.29, 1.82) is 0 Å². The van der Waals surface area contributed by atoms with Crippen molar-refractivity contribution in [3.05, 3.63) is 41.4 Å². The molecule has 2 aromatic rings. The Balaban J connectivity index is 1.81. The Morgan fingerprint density at radius 1 is 1.17 bits per heavy atom. The molecule has 2 amide bonds. The lowest BCUT2D eigenvalue weighted by Crippen LogP contribution is -2.28. The Labute approximate surface area is 175 Å². The SMILES string of the molecule is COc1ccc(OC)c(N2CC(C(=O)Nc3cc(Cl)ccc3N(C)C)CC2=O)c1. The normalized spacial score (nSPS) is 16.0. The second-order valence-corrected chi connectivity index (χ2v) is 7.42. The van der Waals surface area contributed by atoms with Crippen LogP contribution in [0.4, 0.5) is 17.1 Å². The number of rotatable bonds is 6. The van der Waals surface area contributed by atoms with Crippen molar-refractivity contribution >= 4 is 40.5 Å². The average Bonchev–Trinajstić information content (AvgIpc) is 3.09. The van der Waals surface area contributed by atoms with Gasteiger partial charge in [0.15, 0.2) is 0 Å². The van der Waals surface area contributed by atoms with Crippen LogP contribution in [0.15, 0.2) is 36.4 Å². The lowest BCUT2D eigenvalue weighted by molar-refractivity contribution is -0.122. The lowest BCUT2D eigenvalue weighted by Gasteiger charge is -2.21.